The number of rotatable bonds is 3. The maximum absolute atomic E-state index is 2.45. The van der Waals surface area contributed by atoms with Gasteiger partial charge in [0.15, 0.2) is 0 Å². The van der Waals surface area contributed by atoms with Crippen molar-refractivity contribution >= 4 is 0 Å². The Balaban J connectivity index is 2.33. The molecule has 1 nitrogen and oxygen atoms in total. The van der Waals surface area contributed by atoms with Crippen LogP contribution >= 0.6 is 0 Å². The lowest BCUT2D eigenvalue weighted by Crippen LogP contribution is -2.45. The minimum Gasteiger partial charge on any atom is -0.291 e. The van der Waals surface area contributed by atoms with Gasteiger partial charge in [0.25, 0.3) is 0 Å². The molecule has 0 heterocycles. The van der Waals surface area contributed by atoms with Crippen molar-refractivity contribution in [3.63, 3.8) is 0 Å². The summed E-state index contributed by atoms with van der Waals surface area (Å²) in [6, 6.07) is 0.562. The Morgan fingerprint density at radius 3 is 1.76 bits per heavy atom. The monoisotopic (exact) mass is 283 g/mol. The third-order valence-electron chi connectivity index (χ3n) is 4.93. The maximum atomic E-state index is 2.45. The van der Waals surface area contributed by atoms with Crippen LogP contribution in [0.2, 0.25) is 0 Å². The highest BCUT2D eigenvalue weighted by Gasteiger charge is 2.27. The van der Waals surface area contributed by atoms with Gasteiger partial charge >= 0.3 is 0 Å². The van der Waals surface area contributed by atoms with Crippen molar-refractivity contribution in [2.45, 2.75) is 52.6 Å². The summed E-state index contributed by atoms with van der Waals surface area (Å²) in [5, 5.41) is 0. The lowest BCUT2D eigenvalue weighted by molar-refractivity contribution is 0.169. The third kappa shape index (κ3) is 3.47. The van der Waals surface area contributed by atoms with Crippen molar-refractivity contribution in [1.29, 1.82) is 0 Å². The van der Waals surface area contributed by atoms with Crippen molar-refractivity contribution in [3.05, 3.63) is 59.8 Å². The largest absolute Gasteiger partial charge is 0.291 e. The SMILES string of the molecule is CCC(C)N(C)C1(C)C=CC2=C(C=CC(C)(C)C=C2)C=C1. The van der Waals surface area contributed by atoms with Crippen LogP contribution in [0.15, 0.2) is 59.8 Å². The molecule has 0 radical (unpaired) electrons. The molecule has 1 unspecified atom stereocenters. The van der Waals surface area contributed by atoms with E-state index in [-0.39, 0.29) is 11.0 Å². The highest BCUT2D eigenvalue weighted by atomic mass is 15.2. The van der Waals surface area contributed by atoms with Gasteiger partial charge in [-0.05, 0) is 38.5 Å². The minimum atomic E-state index is -0.0289. The number of allylic oxidation sites excluding steroid dienone is 8. The third-order valence-corrected chi connectivity index (χ3v) is 4.93. The first-order valence-corrected chi connectivity index (χ1v) is 8.01. The zero-order valence-electron chi connectivity index (χ0n) is 14.4. The molecule has 114 valence electrons. The Morgan fingerprint density at radius 1 is 0.905 bits per heavy atom. The van der Waals surface area contributed by atoms with Crippen molar-refractivity contribution < 1.29 is 0 Å². The van der Waals surface area contributed by atoms with Gasteiger partial charge in [-0.3, -0.25) is 4.90 Å². The van der Waals surface area contributed by atoms with E-state index in [1.54, 1.807) is 0 Å². The lowest BCUT2D eigenvalue weighted by atomic mass is 9.92. The van der Waals surface area contributed by atoms with Gasteiger partial charge in [0.05, 0.1) is 5.54 Å². The summed E-state index contributed by atoms with van der Waals surface area (Å²) in [7, 11) is 2.22. The van der Waals surface area contributed by atoms with Gasteiger partial charge in [-0.2, -0.15) is 0 Å². The number of hydrogen-bond donors (Lipinski definition) is 0. The van der Waals surface area contributed by atoms with Crippen molar-refractivity contribution in [3.8, 4) is 0 Å². The number of likely N-dealkylation sites (N-methyl/N-ethyl adjacent to an activating group) is 1. The Kier molecular flexibility index (Phi) is 4.43. The topological polar surface area (TPSA) is 3.24 Å². The molecule has 0 aromatic carbocycles. The molecule has 2 aliphatic rings. The summed E-state index contributed by atoms with van der Waals surface area (Å²) < 4.78 is 0. The van der Waals surface area contributed by atoms with Crippen LogP contribution in [-0.2, 0) is 0 Å². The van der Waals surface area contributed by atoms with E-state index in [4.69, 9.17) is 0 Å². The standard InChI is InChI=1S/C20H29N/c1-7-16(2)21(6)20(5)14-10-17-8-12-19(3,4)13-9-18(17)11-15-20/h8-16H,7H2,1-6H3. The fraction of sp³-hybridized carbons (Fsp3) is 0.500. The van der Waals surface area contributed by atoms with Crippen LogP contribution in [0, 0.1) is 5.41 Å². The van der Waals surface area contributed by atoms with Crippen LogP contribution in [0.1, 0.15) is 41.0 Å². The Bertz CT molecular complexity index is 504. The average Bonchev–Trinajstić information content (AvgIpc) is 2.70. The van der Waals surface area contributed by atoms with Gasteiger partial charge < -0.3 is 0 Å². The van der Waals surface area contributed by atoms with E-state index in [1.807, 2.05) is 0 Å². The van der Waals surface area contributed by atoms with Crippen LogP contribution < -0.4 is 0 Å². The number of nitrogens with zero attached hydrogens (tertiary/aromatic N) is 1. The zero-order valence-corrected chi connectivity index (χ0v) is 14.4. The summed E-state index contributed by atoms with van der Waals surface area (Å²) in [6.07, 6.45) is 19.4. The summed E-state index contributed by atoms with van der Waals surface area (Å²) in [5.41, 5.74) is 2.70. The van der Waals surface area contributed by atoms with E-state index in [0.29, 0.717) is 6.04 Å². The Labute approximate surface area is 130 Å². The molecular weight excluding hydrogens is 254 g/mol. The normalized spacial score (nSPS) is 24.0. The Hall–Kier alpha value is -1.34. The first-order chi connectivity index (χ1) is 9.77. The second-order valence-corrected chi connectivity index (χ2v) is 7.16. The molecule has 0 aliphatic heterocycles. The molecule has 0 saturated carbocycles. The van der Waals surface area contributed by atoms with Crippen LogP contribution in [0.3, 0.4) is 0 Å². The first kappa shape index (κ1) is 16.0. The molecular formula is C20H29N. The molecule has 0 N–H and O–H groups in total. The lowest BCUT2D eigenvalue weighted by Gasteiger charge is -2.38. The number of hydrogen-bond acceptors (Lipinski definition) is 1. The second-order valence-electron chi connectivity index (χ2n) is 7.16. The van der Waals surface area contributed by atoms with E-state index >= 15 is 0 Å². The summed E-state index contributed by atoms with van der Waals surface area (Å²) >= 11 is 0. The van der Waals surface area contributed by atoms with Crippen LogP contribution in [0.5, 0.6) is 0 Å². The molecule has 0 aromatic rings. The van der Waals surface area contributed by atoms with Gasteiger partial charge in [0.1, 0.15) is 0 Å². The molecule has 1 heteroatoms. The molecule has 21 heavy (non-hydrogen) atoms. The van der Waals surface area contributed by atoms with E-state index in [2.05, 4.69) is 95.2 Å². The summed E-state index contributed by atoms with van der Waals surface area (Å²) in [5.74, 6) is 0. The first-order valence-electron chi connectivity index (χ1n) is 8.01. The van der Waals surface area contributed by atoms with Crippen LogP contribution in [0.4, 0.5) is 0 Å². The van der Waals surface area contributed by atoms with E-state index < -0.39 is 0 Å². The van der Waals surface area contributed by atoms with Crippen molar-refractivity contribution in [2.24, 2.45) is 5.41 Å². The molecule has 2 rings (SSSR count). The zero-order chi connectivity index (χ0) is 15.7. The Morgan fingerprint density at radius 2 is 1.33 bits per heavy atom. The quantitative estimate of drug-likeness (QED) is 0.700. The minimum absolute atomic E-state index is 0.0289. The molecule has 0 aromatic heterocycles. The highest BCUT2D eigenvalue weighted by molar-refractivity contribution is 5.52. The van der Waals surface area contributed by atoms with E-state index in [9.17, 15) is 0 Å². The highest BCUT2D eigenvalue weighted by Crippen LogP contribution is 2.31. The molecule has 0 amide bonds. The van der Waals surface area contributed by atoms with Crippen molar-refractivity contribution in [1.82, 2.24) is 4.90 Å². The second kappa shape index (κ2) is 5.81. The summed E-state index contributed by atoms with van der Waals surface area (Å²) in [6.45, 7) is 11.3. The smallest absolute Gasteiger partial charge is 0.0552 e. The molecule has 1 atom stereocenters. The predicted octanol–water partition coefficient (Wildman–Crippen LogP) is 5.05. The average molecular weight is 283 g/mol. The van der Waals surface area contributed by atoms with E-state index in [0.717, 1.165) is 6.42 Å². The van der Waals surface area contributed by atoms with Gasteiger partial charge in [-0.15, -0.1) is 0 Å². The fourth-order valence-corrected chi connectivity index (χ4v) is 2.72. The van der Waals surface area contributed by atoms with Crippen LogP contribution in [0.25, 0.3) is 0 Å². The molecule has 0 spiro atoms. The molecule has 0 fully saturated rings. The predicted molar refractivity (Wildman–Crippen MR) is 93.3 cm³/mol. The van der Waals surface area contributed by atoms with Gasteiger partial charge in [-0.1, -0.05) is 69.4 Å². The van der Waals surface area contributed by atoms with Gasteiger partial charge in [0, 0.05) is 11.5 Å². The molecule has 0 bridgehead atoms. The van der Waals surface area contributed by atoms with Gasteiger partial charge in [0.2, 0.25) is 0 Å². The van der Waals surface area contributed by atoms with Gasteiger partial charge in [-0.25, -0.2) is 0 Å². The molecule has 2 aliphatic carbocycles. The summed E-state index contributed by atoms with van der Waals surface area (Å²) in [4.78, 5) is 2.45. The van der Waals surface area contributed by atoms with E-state index in [1.165, 1.54) is 11.1 Å². The maximum Gasteiger partial charge on any atom is 0.0552 e. The molecule has 0 saturated heterocycles. The van der Waals surface area contributed by atoms with Crippen molar-refractivity contribution in [2.75, 3.05) is 7.05 Å². The fourth-order valence-electron chi connectivity index (χ4n) is 2.72. The van der Waals surface area contributed by atoms with Crippen LogP contribution in [-0.4, -0.2) is 23.5 Å².